The molecule has 0 atom stereocenters. The van der Waals surface area contributed by atoms with E-state index in [1.165, 1.54) is 50.6 Å². The topological polar surface area (TPSA) is 40.7 Å². The van der Waals surface area contributed by atoms with Crippen LogP contribution in [0.25, 0.3) is 0 Å². The number of H-pyrrole nitrogens is 1. The second-order valence-corrected chi connectivity index (χ2v) is 5.28. The molecular weight excluding hydrogens is 198 g/mol. The third-order valence-corrected chi connectivity index (χ3v) is 3.83. The van der Waals surface area contributed by atoms with Gasteiger partial charge in [0.25, 0.3) is 0 Å². The van der Waals surface area contributed by atoms with E-state index in [4.69, 9.17) is 0 Å². The fourth-order valence-electron chi connectivity index (χ4n) is 2.62. The van der Waals surface area contributed by atoms with Crippen molar-refractivity contribution in [2.24, 2.45) is 0 Å². The van der Waals surface area contributed by atoms with E-state index >= 15 is 0 Å². The highest BCUT2D eigenvalue weighted by Crippen LogP contribution is 2.31. The number of aromatic nitrogens is 2. The zero-order valence-corrected chi connectivity index (χ0v) is 9.84. The first-order valence-electron chi connectivity index (χ1n) is 6.69. The first kappa shape index (κ1) is 10.3. The van der Waals surface area contributed by atoms with E-state index in [1.54, 1.807) is 0 Å². The molecule has 3 nitrogen and oxygen atoms in total. The Labute approximate surface area is 97.0 Å². The SMILES string of the molecule is c1nc(CNC2CC2)[nH]c1C1CCCCC1. The fraction of sp³-hybridized carbons (Fsp3) is 0.769. The summed E-state index contributed by atoms with van der Waals surface area (Å²) in [6.45, 7) is 0.914. The molecule has 0 aliphatic heterocycles. The van der Waals surface area contributed by atoms with Crippen molar-refractivity contribution in [3.8, 4) is 0 Å². The molecule has 2 fully saturated rings. The van der Waals surface area contributed by atoms with E-state index in [-0.39, 0.29) is 0 Å². The number of aromatic amines is 1. The van der Waals surface area contributed by atoms with Gasteiger partial charge in [-0.3, -0.25) is 0 Å². The summed E-state index contributed by atoms with van der Waals surface area (Å²) in [6.07, 6.45) is 11.6. The van der Waals surface area contributed by atoms with E-state index in [1.807, 2.05) is 0 Å². The van der Waals surface area contributed by atoms with Crippen LogP contribution >= 0.6 is 0 Å². The number of rotatable bonds is 4. The molecule has 0 saturated heterocycles. The zero-order chi connectivity index (χ0) is 10.8. The second-order valence-electron chi connectivity index (χ2n) is 5.28. The van der Waals surface area contributed by atoms with Gasteiger partial charge in [0.2, 0.25) is 0 Å². The summed E-state index contributed by atoms with van der Waals surface area (Å²) in [7, 11) is 0. The Hall–Kier alpha value is -0.830. The lowest BCUT2D eigenvalue weighted by molar-refractivity contribution is 0.437. The van der Waals surface area contributed by atoms with Crippen molar-refractivity contribution in [3.63, 3.8) is 0 Å². The first-order chi connectivity index (χ1) is 7.92. The predicted molar refractivity (Wildman–Crippen MR) is 64.3 cm³/mol. The average molecular weight is 219 g/mol. The van der Waals surface area contributed by atoms with E-state index in [9.17, 15) is 0 Å². The lowest BCUT2D eigenvalue weighted by Crippen LogP contribution is -2.16. The molecule has 3 heteroatoms. The van der Waals surface area contributed by atoms with Crippen molar-refractivity contribution in [2.75, 3.05) is 0 Å². The minimum absolute atomic E-state index is 0.746. The Bertz CT molecular complexity index is 335. The molecule has 2 aliphatic rings. The third kappa shape index (κ3) is 2.46. The molecule has 0 spiro atoms. The summed E-state index contributed by atoms with van der Waals surface area (Å²) >= 11 is 0. The molecule has 1 aromatic rings. The van der Waals surface area contributed by atoms with Crippen molar-refractivity contribution in [3.05, 3.63) is 17.7 Å². The van der Waals surface area contributed by atoms with Crippen LogP contribution in [0, 0.1) is 0 Å². The molecule has 0 unspecified atom stereocenters. The van der Waals surface area contributed by atoms with E-state index in [2.05, 4.69) is 21.5 Å². The van der Waals surface area contributed by atoms with Gasteiger partial charge in [0.05, 0.1) is 6.54 Å². The van der Waals surface area contributed by atoms with Crippen LogP contribution in [0.15, 0.2) is 6.20 Å². The molecule has 2 N–H and O–H groups in total. The highest BCUT2D eigenvalue weighted by Gasteiger charge is 2.21. The monoisotopic (exact) mass is 219 g/mol. The molecule has 0 radical (unpaired) electrons. The zero-order valence-electron chi connectivity index (χ0n) is 9.84. The number of nitrogens with one attached hydrogen (secondary N) is 2. The molecule has 3 rings (SSSR count). The summed E-state index contributed by atoms with van der Waals surface area (Å²) < 4.78 is 0. The normalized spacial score (nSPS) is 22.5. The Kier molecular flexibility index (Phi) is 2.96. The molecule has 1 heterocycles. The predicted octanol–water partition coefficient (Wildman–Crippen LogP) is 2.71. The minimum Gasteiger partial charge on any atom is -0.345 e. The summed E-state index contributed by atoms with van der Waals surface area (Å²) in [5, 5.41) is 3.50. The molecule has 0 amide bonds. The number of hydrogen-bond acceptors (Lipinski definition) is 2. The van der Waals surface area contributed by atoms with Crippen LogP contribution in [0.5, 0.6) is 0 Å². The van der Waals surface area contributed by atoms with Crippen LogP contribution in [0.1, 0.15) is 62.4 Å². The highest BCUT2D eigenvalue weighted by molar-refractivity contribution is 5.08. The average Bonchev–Trinajstić information content (AvgIpc) is 3.05. The summed E-state index contributed by atoms with van der Waals surface area (Å²) in [6, 6.07) is 0.767. The van der Waals surface area contributed by atoms with Crippen molar-refractivity contribution < 1.29 is 0 Å². The van der Waals surface area contributed by atoms with Crippen molar-refractivity contribution in [1.82, 2.24) is 15.3 Å². The van der Waals surface area contributed by atoms with Gasteiger partial charge >= 0.3 is 0 Å². The quantitative estimate of drug-likeness (QED) is 0.817. The van der Waals surface area contributed by atoms with Gasteiger partial charge in [0, 0.05) is 23.9 Å². The van der Waals surface area contributed by atoms with Crippen molar-refractivity contribution >= 4 is 0 Å². The van der Waals surface area contributed by atoms with Gasteiger partial charge in [-0.15, -0.1) is 0 Å². The van der Waals surface area contributed by atoms with Crippen LogP contribution < -0.4 is 5.32 Å². The second kappa shape index (κ2) is 4.58. The van der Waals surface area contributed by atoms with Crippen molar-refractivity contribution in [2.45, 2.75) is 63.5 Å². The molecular formula is C13H21N3. The van der Waals surface area contributed by atoms with Crippen LogP contribution in [-0.2, 0) is 6.54 Å². The summed E-state index contributed by atoms with van der Waals surface area (Å²) in [4.78, 5) is 7.97. The van der Waals surface area contributed by atoms with Crippen LogP contribution in [0.2, 0.25) is 0 Å². The van der Waals surface area contributed by atoms with E-state index < -0.39 is 0 Å². The summed E-state index contributed by atoms with van der Waals surface area (Å²) in [5.74, 6) is 1.86. The Morgan fingerprint density at radius 2 is 2.00 bits per heavy atom. The smallest absolute Gasteiger partial charge is 0.120 e. The molecule has 1 aromatic heterocycles. The molecule has 2 saturated carbocycles. The number of nitrogens with zero attached hydrogens (tertiary/aromatic N) is 1. The maximum atomic E-state index is 4.47. The Morgan fingerprint density at radius 1 is 1.19 bits per heavy atom. The molecule has 2 aliphatic carbocycles. The molecule has 88 valence electrons. The molecule has 0 bridgehead atoms. The van der Waals surface area contributed by atoms with Gasteiger partial charge < -0.3 is 10.3 Å². The first-order valence-corrected chi connectivity index (χ1v) is 6.69. The Balaban J connectivity index is 1.57. The molecule has 16 heavy (non-hydrogen) atoms. The maximum absolute atomic E-state index is 4.47. The largest absolute Gasteiger partial charge is 0.345 e. The summed E-state index contributed by atoms with van der Waals surface area (Å²) in [5.41, 5.74) is 1.37. The van der Waals surface area contributed by atoms with Gasteiger partial charge in [-0.05, 0) is 25.7 Å². The third-order valence-electron chi connectivity index (χ3n) is 3.83. The van der Waals surface area contributed by atoms with Gasteiger partial charge in [0.1, 0.15) is 5.82 Å². The van der Waals surface area contributed by atoms with Gasteiger partial charge in [0.15, 0.2) is 0 Å². The minimum atomic E-state index is 0.746. The number of hydrogen-bond donors (Lipinski definition) is 2. The molecule has 0 aromatic carbocycles. The standard InChI is InChI=1S/C13H21N3/c1-2-4-10(5-3-1)12-8-15-13(16-12)9-14-11-6-7-11/h8,10-11,14H,1-7,9H2,(H,15,16). The lowest BCUT2D eigenvalue weighted by Gasteiger charge is -2.19. The fourth-order valence-corrected chi connectivity index (χ4v) is 2.62. The van der Waals surface area contributed by atoms with Crippen molar-refractivity contribution in [1.29, 1.82) is 0 Å². The van der Waals surface area contributed by atoms with Crippen LogP contribution in [-0.4, -0.2) is 16.0 Å². The maximum Gasteiger partial charge on any atom is 0.120 e. The Morgan fingerprint density at radius 3 is 2.75 bits per heavy atom. The van der Waals surface area contributed by atoms with Crippen LogP contribution in [0.4, 0.5) is 0 Å². The lowest BCUT2D eigenvalue weighted by atomic mass is 9.87. The van der Waals surface area contributed by atoms with Gasteiger partial charge in [-0.2, -0.15) is 0 Å². The highest BCUT2D eigenvalue weighted by atomic mass is 15.0. The van der Waals surface area contributed by atoms with Gasteiger partial charge in [-0.25, -0.2) is 4.98 Å². The van der Waals surface area contributed by atoms with Gasteiger partial charge in [-0.1, -0.05) is 19.3 Å². The van der Waals surface area contributed by atoms with Crippen LogP contribution in [0.3, 0.4) is 0 Å². The van der Waals surface area contributed by atoms with E-state index in [0.717, 1.165) is 24.3 Å². The van der Waals surface area contributed by atoms with E-state index in [0.29, 0.717) is 0 Å². The number of imidazole rings is 1.